The molecule has 8 heteroatoms. The number of hydrogen-bond donors (Lipinski definition) is 3. The Labute approximate surface area is 96.1 Å². The fourth-order valence-corrected chi connectivity index (χ4v) is 0.958. The third kappa shape index (κ3) is 3.62. The SMILES string of the molecule is COC(=O)NNC(=O)Nc1cccnc1Cl. The quantitative estimate of drug-likeness (QED) is 0.510. The molecule has 0 saturated heterocycles. The summed E-state index contributed by atoms with van der Waals surface area (Å²) in [5.41, 5.74) is 4.36. The smallest absolute Gasteiger partial charge is 0.425 e. The number of hydrazine groups is 1. The van der Waals surface area contributed by atoms with Crippen molar-refractivity contribution in [1.82, 2.24) is 15.8 Å². The number of pyridine rings is 1. The van der Waals surface area contributed by atoms with Crippen molar-refractivity contribution in [2.45, 2.75) is 0 Å². The number of anilines is 1. The van der Waals surface area contributed by atoms with Gasteiger partial charge in [-0.3, -0.25) is 0 Å². The van der Waals surface area contributed by atoms with Crippen LogP contribution in [0.4, 0.5) is 15.3 Å². The molecule has 0 bridgehead atoms. The molecule has 0 saturated carbocycles. The number of amides is 3. The van der Waals surface area contributed by atoms with Crippen molar-refractivity contribution in [2.24, 2.45) is 0 Å². The summed E-state index contributed by atoms with van der Waals surface area (Å²) in [6, 6.07) is 2.50. The summed E-state index contributed by atoms with van der Waals surface area (Å²) in [5, 5.41) is 2.52. The molecule has 16 heavy (non-hydrogen) atoms. The second kappa shape index (κ2) is 5.76. The van der Waals surface area contributed by atoms with Crippen LogP contribution in [0.1, 0.15) is 0 Å². The number of carbonyl (C=O) groups is 2. The Morgan fingerprint density at radius 1 is 1.44 bits per heavy atom. The topological polar surface area (TPSA) is 92.4 Å². The first-order chi connectivity index (χ1) is 7.63. The van der Waals surface area contributed by atoms with E-state index in [1.54, 1.807) is 12.1 Å². The van der Waals surface area contributed by atoms with E-state index in [0.29, 0.717) is 5.69 Å². The number of ether oxygens (including phenoxy) is 1. The van der Waals surface area contributed by atoms with E-state index in [4.69, 9.17) is 11.6 Å². The van der Waals surface area contributed by atoms with Crippen LogP contribution in [0.3, 0.4) is 0 Å². The maximum absolute atomic E-state index is 11.2. The molecule has 3 N–H and O–H groups in total. The Morgan fingerprint density at radius 3 is 2.81 bits per heavy atom. The van der Waals surface area contributed by atoms with E-state index < -0.39 is 12.1 Å². The molecule has 1 rings (SSSR count). The van der Waals surface area contributed by atoms with Gasteiger partial charge in [-0.1, -0.05) is 11.6 Å². The van der Waals surface area contributed by atoms with Gasteiger partial charge in [0, 0.05) is 6.20 Å². The van der Waals surface area contributed by atoms with E-state index in [1.807, 2.05) is 10.9 Å². The molecular formula is C8H9ClN4O3. The summed E-state index contributed by atoms with van der Waals surface area (Å²) in [7, 11) is 1.17. The van der Waals surface area contributed by atoms with Gasteiger partial charge in [0.05, 0.1) is 12.8 Å². The molecule has 7 nitrogen and oxygen atoms in total. The fraction of sp³-hybridized carbons (Fsp3) is 0.125. The van der Waals surface area contributed by atoms with Crippen molar-refractivity contribution in [1.29, 1.82) is 0 Å². The first kappa shape index (κ1) is 12.1. The number of carbonyl (C=O) groups excluding carboxylic acids is 2. The van der Waals surface area contributed by atoms with Crippen molar-refractivity contribution in [3.05, 3.63) is 23.5 Å². The van der Waals surface area contributed by atoms with E-state index in [-0.39, 0.29) is 5.15 Å². The van der Waals surface area contributed by atoms with E-state index >= 15 is 0 Å². The molecule has 0 spiro atoms. The molecule has 0 atom stereocenters. The van der Waals surface area contributed by atoms with E-state index in [0.717, 1.165) is 0 Å². The number of halogens is 1. The third-order valence-electron chi connectivity index (χ3n) is 1.47. The van der Waals surface area contributed by atoms with Crippen LogP contribution in [0.15, 0.2) is 18.3 Å². The van der Waals surface area contributed by atoms with Gasteiger partial charge < -0.3 is 10.1 Å². The van der Waals surface area contributed by atoms with Gasteiger partial charge in [0.2, 0.25) is 0 Å². The molecule has 0 aliphatic rings. The monoisotopic (exact) mass is 244 g/mol. The minimum Gasteiger partial charge on any atom is -0.452 e. The average Bonchev–Trinajstić information content (AvgIpc) is 2.29. The molecule has 1 aromatic rings. The lowest BCUT2D eigenvalue weighted by Crippen LogP contribution is -2.43. The highest BCUT2D eigenvalue weighted by Gasteiger charge is 2.06. The summed E-state index contributed by atoms with van der Waals surface area (Å²) in [4.78, 5) is 25.6. The second-order valence-electron chi connectivity index (χ2n) is 2.54. The molecule has 0 radical (unpaired) electrons. The summed E-state index contributed by atoms with van der Waals surface area (Å²) in [5.74, 6) is 0. The highest BCUT2D eigenvalue weighted by molar-refractivity contribution is 6.32. The maximum atomic E-state index is 11.2. The van der Waals surface area contributed by atoms with Gasteiger partial charge in [-0.05, 0) is 12.1 Å². The Kier molecular flexibility index (Phi) is 4.34. The van der Waals surface area contributed by atoms with Crippen molar-refractivity contribution in [3.8, 4) is 0 Å². The lowest BCUT2D eigenvalue weighted by Gasteiger charge is -2.08. The van der Waals surface area contributed by atoms with Gasteiger partial charge in [-0.25, -0.2) is 25.4 Å². The minimum absolute atomic E-state index is 0.149. The summed E-state index contributed by atoms with van der Waals surface area (Å²) in [6.07, 6.45) is 0.699. The van der Waals surface area contributed by atoms with E-state index in [1.165, 1.54) is 13.3 Å². The Balaban J connectivity index is 2.46. The van der Waals surface area contributed by atoms with Gasteiger partial charge >= 0.3 is 12.1 Å². The van der Waals surface area contributed by atoms with Gasteiger partial charge in [0.1, 0.15) is 0 Å². The van der Waals surface area contributed by atoms with Crippen LogP contribution in [0, 0.1) is 0 Å². The predicted molar refractivity (Wildman–Crippen MR) is 56.9 cm³/mol. The van der Waals surface area contributed by atoms with Gasteiger partial charge in [-0.2, -0.15) is 0 Å². The zero-order chi connectivity index (χ0) is 12.0. The van der Waals surface area contributed by atoms with Crippen LogP contribution < -0.4 is 16.2 Å². The molecule has 1 aromatic heterocycles. The number of hydrogen-bond acceptors (Lipinski definition) is 4. The Bertz CT molecular complexity index is 399. The normalized spacial score (nSPS) is 9.12. The van der Waals surface area contributed by atoms with E-state index in [2.05, 4.69) is 15.0 Å². The molecular weight excluding hydrogens is 236 g/mol. The third-order valence-corrected chi connectivity index (χ3v) is 1.77. The van der Waals surface area contributed by atoms with Crippen LogP contribution in [0.5, 0.6) is 0 Å². The van der Waals surface area contributed by atoms with Crippen LogP contribution >= 0.6 is 11.6 Å². The van der Waals surface area contributed by atoms with Gasteiger partial charge in [-0.15, -0.1) is 0 Å². The Hall–Kier alpha value is -2.02. The van der Waals surface area contributed by atoms with Crippen molar-refractivity contribution in [3.63, 3.8) is 0 Å². The highest BCUT2D eigenvalue weighted by Crippen LogP contribution is 2.16. The molecule has 3 amide bonds. The number of nitrogens with zero attached hydrogens (tertiary/aromatic N) is 1. The number of aromatic nitrogens is 1. The summed E-state index contributed by atoms with van der Waals surface area (Å²) >= 11 is 5.69. The Morgan fingerprint density at radius 2 is 2.19 bits per heavy atom. The lowest BCUT2D eigenvalue weighted by molar-refractivity contribution is 0.166. The molecule has 0 aromatic carbocycles. The first-order valence-electron chi connectivity index (χ1n) is 4.15. The molecule has 0 unspecified atom stereocenters. The maximum Gasteiger partial charge on any atom is 0.425 e. The van der Waals surface area contributed by atoms with E-state index in [9.17, 15) is 9.59 Å². The molecule has 0 aliphatic heterocycles. The summed E-state index contributed by atoms with van der Waals surface area (Å²) in [6.45, 7) is 0. The zero-order valence-corrected chi connectivity index (χ0v) is 9.04. The fourth-order valence-electron chi connectivity index (χ4n) is 0.792. The predicted octanol–water partition coefficient (Wildman–Crippen LogP) is 1.13. The average molecular weight is 245 g/mol. The van der Waals surface area contributed by atoms with Crippen molar-refractivity contribution >= 4 is 29.4 Å². The standard InChI is InChI=1S/C8H9ClN4O3/c1-16-8(15)13-12-7(14)11-5-3-2-4-10-6(5)9/h2-4H,1H3,(H,13,15)(H2,11,12,14). The zero-order valence-electron chi connectivity index (χ0n) is 8.28. The van der Waals surface area contributed by atoms with Crippen LogP contribution in [0.2, 0.25) is 5.15 Å². The highest BCUT2D eigenvalue weighted by atomic mass is 35.5. The first-order valence-corrected chi connectivity index (χ1v) is 4.52. The second-order valence-corrected chi connectivity index (χ2v) is 2.90. The minimum atomic E-state index is -0.785. The number of urea groups is 1. The van der Waals surface area contributed by atoms with Crippen LogP contribution in [0.25, 0.3) is 0 Å². The van der Waals surface area contributed by atoms with Crippen LogP contribution in [-0.2, 0) is 4.74 Å². The lowest BCUT2D eigenvalue weighted by atomic mass is 10.4. The summed E-state index contributed by atoms with van der Waals surface area (Å²) < 4.78 is 4.24. The largest absolute Gasteiger partial charge is 0.452 e. The molecule has 0 fully saturated rings. The van der Waals surface area contributed by atoms with Gasteiger partial charge in [0.15, 0.2) is 5.15 Å². The van der Waals surface area contributed by atoms with Crippen molar-refractivity contribution < 1.29 is 14.3 Å². The van der Waals surface area contributed by atoms with Crippen LogP contribution in [-0.4, -0.2) is 24.2 Å². The molecule has 0 aliphatic carbocycles. The van der Waals surface area contributed by atoms with Crippen molar-refractivity contribution in [2.75, 3.05) is 12.4 Å². The molecule has 86 valence electrons. The number of nitrogens with one attached hydrogen (secondary N) is 3. The van der Waals surface area contributed by atoms with Gasteiger partial charge in [0.25, 0.3) is 0 Å². The number of rotatable bonds is 1. The number of methoxy groups -OCH3 is 1. The molecule has 1 heterocycles.